The van der Waals surface area contributed by atoms with Gasteiger partial charge in [0.05, 0.1) is 62.9 Å². The van der Waals surface area contributed by atoms with Crippen molar-refractivity contribution in [2.75, 3.05) is 0 Å². The number of fused-ring (bicyclic) bond motifs is 8. The molecule has 0 saturated carbocycles. The summed E-state index contributed by atoms with van der Waals surface area (Å²) in [7, 11) is 0. The van der Waals surface area contributed by atoms with Gasteiger partial charge in [-0.3, -0.25) is 0 Å². The van der Waals surface area contributed by atoms with E-state index in [1.54, 1.807) is 18.2 Å². The van der Waals surface area contributed by atoms with E-state index >= 15 is 0 Å². The predicted octanol–water partition coefficient (Wildman–Crippen LogP) is 5.46. The standard InChI is InChI=1S/C30H10F2N8/c31-15-1-3-17-19(5-15)25(13(9-33)10-34)29-27(17)37-21-7-24-22(8-23(21)39-29)38-28-18-4-2-16(32)6-20(18)26(30(28)40-24)14(11-35)12-36/h1-8,13,25H. The van der Waals surface area contributed by atoms with Gasteiger partial charge in [0.15, 0.2) is 0 Å². The van der Waals surface area contributed by atoms with Crippen LogP contribution in [0.15, 0.2) is 54.1 Å². The van der Waals surface area contributed by atoms with E-state index in [2.05, 4.69) is 0 Å². The second-order valence-electron chi connectivity index (χ2n) is 9.32. The molecule has 0 fully saturated rings. The zero-order valence-corrected chi connectivity index (χ0v) is 20.1. The molecule has 0 aliphatic heterocycles. The van der Waals surface area contributed by atoms with Gasteiger partial charge in [-0.2, -0.15) is 21.0 Å². The highest BCUT2D eigenvalue weighted by atomic mass is 19.1. The van der Waals surface area contributed by atoms with Gasteiger partial charge in [0.1, 0.15) is 35.3 Å². The normalized spacial score (nSPS) is 14.1. The molecule has 0 spiro atoms. The van der Waals surface area contributed by atoms with E-state index in [1.807, 2.05) is 24.3 Å². The summed E-state index contributed by atoms with van der Waals surface area (Å²) in [5, 5.41) is 38.5. The van der Waals surface area contributed by atoms with Crippen molar-refractivity contribution in [1.82, 2.24) is 19.9 Å². The molecule has 0 amide bonds. The van der Waals surface area contributed by atoms with E-state index in [0.29, 0.717) is 61.4 Å². The van der Waals surface area contributed by atoms with Crippen LogP contribution in [0.5, 0.6) is 0 Å². The van der Waals surface area contributed by atoms with Crippen LogP contribution < -0.4 is 0 Å². The smallest absolute Gasteiger partial charge is 0.145 e. The van der Waals surface area contributed by atoms with Gasteiger partial charge in [0.25, 0.3) is 0 Å². The van der Waals surface area contributed by atoms with Crippen molar-refractivity contribution in [3.63, 3.8) is 0 Å². The number of halogens is 2. The quantitative estimate of drug-likeness (QED) is 0.205. The number of allylic oxidation sites excluding steroid dienone is 1. The Kier molecular flexibility index (Phi) is 4.72. The van der Waals surface area contributed by atoms with Crippen LogP contribution in [-0.2, 0) is 0 Å². The molecule has 2 aliphatic rings. The van der Waals surface area contributed by atoms with Crippen molar-refractivity contribution in [2.45, 2.75) is 5.92 Å². The number of hydrogen-bond donors (Lipinski definition) is 0. The third-order valence-corrected chi connectivity index (χ3v) is 7.20. The summed E-state index contributed by atoms with van der Waals surface area (Å²) in [5.41, 5.74) is 5.16. The molecule has 1 atom stereocenters. The lowest BCUT2D eigenvalue weighted by molar-refractivity contribution is 0.620. The summed E-state index contributed by atoms with van der Waals surface area (Å²) < 4.78 is 28.4. The Morgan fingerprint density at radius 3 is 1.88 bits per heavy atom. The molecule has 0 saturated heterocycles. The Labute approximate surface area is 224 Å². The molecule has 7 rings (SSSR count). The van der Waals surface area contributed by atoms with Gasteiger partial charge in [0, 0.05) is 16.7 Å². The predicted molar refractivity (Wildman–Crippen MR) is 137 cm³/mol. The molecule has 2 heterocycles. The maximum atomic E-state index is 14.2. The van der Waals surface area contributed by atoms with Crippen molar-refractivity contribution < 1.29 is 8.78 Å². The van der Waals surface area contributed by atoms with Crippen LogP contribution in [0.25, 0.3) is 50.2 Å². The van der Waals surface area contributed by atoms with Gasteiger partial charge in [-0.25, -0.2) is 28.7 Å². The van der Waals surface area contributed by atoms with E-state index in [9.17, 15) is 29.8 Å². The summed E-state index contributed by atoms with van der Waals surface area (Å²) in [4.78, 5) is 19.0. The topological polar surface area (TPSA) is 147 Å². The molecular formula is C30H10F2N8. The molecule has 3 aromatic carbocycles. The van der Waals surface area contributed by atoms with Crippen molar-refractivity contribution in [3.8, 4) is 46.8 Å². The van der Waals surface area contributed by atoms with Crippen LogP contribution in [0, 0.1) is 62.9 Å². The molecular weight excluding hydrogens is 510 g/mol. The van der Waals surface area contributed by atoms with Gasteiger partial charge in [-0.1, -0.05) is 0 Å². The third kappa shape index (κ3) is 3.05. The third-order valence-electron chi connectivity index (χ3n) is 7.20. The number of benzene rings is 3. The van der Waals surface area contributed by atoms with Crippen LogP contribution in [0.4, 0.5) is 8.78 Å². The second-order valence-corrected chi connectivity index (χ2v) is 9.32. The van der Waals surface area contributed by atoms with Crippen LogP contribution >= 0.6 is 0 Å². The molecule has 8 nitrogen and oxygen atoms in total. The molecule has 10 heteroatoms. The maximum Gasteiger partial charge on any atom is 0.145 e. The average molecular weight is 520 g/mol. The SMILES string of the molecule is N#CC(C#N)=C1c2cc(F)ccc2-c2nc3cc4nc5c(nc4cc3nc21)-c1ccc(F)cc1C5C(C#N)C#N. The first-order valence-corrected chi connectivity index (χ1v) is 11.9. The summed E-state index contributed by atoms with van der Waals surface area (Å²) >= 11 is 0. The van der Waals surface area contributed by atoms with E-state index < -0.39 is 23.5 Å². The van der Waals surface area contributed by atoms with Crippen LogP contribution in [0.1, 0.15) is 28.4 Å². The lowest BCUT2D eigenvalue weighted by Gasteiger charge is -2.13. The number of nitrogens with zero attached hydrogens (tertiary/aromatic N) is 8. The summed E-state index contributed by atoms with van der Waals surface area (Å²) in [6, 6.07) is 19.2. The number of aromatic nitrogens is 4. The number of hydrogen-bond acceptors (Lipinski definition) is 8. The Balaban J connectivity index is 1.51. The number of rotatable bonds is 1. The number of nitriles is 4. The molecule has 2 aliphatic carbocycles. The molecule has 2 aromatic heterocycles. The first kappa shape index (κ1) is 23.0. The largest absolute Gasteiger partial charge is 0.248 e. The minimum absolute atomic E-state index is 0.210. The molecule has 184 valence electrons. The molecule has 1 unspecified atom stereocenters. The Hall–Kier alpha value is -6.10. The van der Waals surface area contributed by atoms with E-state index in [0.717, 1.165) is 0 Å². The van der Waals surface area contributed by atoms with E-state index in [1.165, 1.54) is 30.3 Å². The maximum absolute atomic E-state index is 14.2. The molecule has 5 aromatic rings. The van der Waals surface area contributed by atoms with Crippen LogP contribution in [-0.4, -0.2) is 19.9 Å². The minimum Gasteiger partial charge on any atom is -0.248 e. The van der Waals surface area contributed by atoms with Crippen LogP contribution in [0.3, 0.4) is 0 Å². The lowest BCUT2D eigenvalue weighted by atomic mass is 9.88. The fourth-order valence-electron chi connectivity index (χ4n) is 5.51. The van der Waals surface area contributed by atoms with Crippen molar-refractivity contribution >= 4 is 27.6 Å². The zero-order valence-electron chi connectivity index (χ0n) is 20.1. The molecule has 0 bridgehead atoms. The Morgan fingerprint density at radius 1 is 0.650 bits per heavy atom. The lowest BCUT2D eigenvalue weighted by Crippen LogP contribution is -2.10. The zero-order chi connectivity index (χ0) is 27.7. The van der Waals surface area contributed by atoms with Gasteiger partial charge >= 0.3 is 0 Å². The highest BCUT2D eigenvalue weighted by Crippen LogP contribution is 2.48. The van der Waals surface area contributed by atoms with Crippen molar-refractivity contribution in [3.05, 3.63) is 88.3 Å². The first-order valence-electron chi connectivity index (χ1n) is 11.9. The van der Waals surface area contributed by atoms with E-state index in [4.69, 9.17) is 19.9 Å². The van der Waals surface area contributed by atoms with Crippen molar-refractivity contribution in [1.29, 1.82) is 21.0 Å². The highest BCUT2D eigenvalue weighted by molar-refractivity contribution is 6.04. The molecule has 0 radical (unpaired) electrons. The van der Waals surface area contributed by atoms with Gasteiger partial charge in [-0.15, -0.1) is 0 Å². The van der Waals surface area contributed by atoms with Gasteiger partial charge < -0.3 is 0 Å². The highest BCUT2D eigenvalue weighted by Gasteiger charge is 2.38. The van der Waals surface area contributed by atoms with Crippen LogP contribution in [0.2, 0.25) is 0 Å². The minimum atomic E-state index is -1.10. The Bertz CT molecular complexity index is 2180. The van der Waals surface area contributed by atoms with E-state index in [-0.39, 0.29) is 16.8 Å². The summed E-state index contributed by atoms with van der Waals surface area (Å²) in [6.45, 7) is 0. The van der Waals surface area contributed by atoms with Crippen molar-refractivity contribution in [2.24, 2.45) is 5.92 Å². The first-order chi connectivity index (χ1) is 19.4. The Morgan fingerprint density at radius 2 is 1.23 bits per heavy atom. The average Bonchev–Trinajstić information content (AvgIpc) is 3.42. The summed E-state index contributed by atoms with van der Waals surface area (Å²) in [6.07, 6.45) is 0. The molecule has 40 heavy (non-hydrogen) atoms. The molecule has 0 N–H and O–H groups in total. The van der Waals surface area contributed by atoms with Gasteiger partial charge in [0.2, 0.25) is 0 Å². The second kappa shape index (κ2) is 8.20. The monoisotopic (exact) mass is 520 g/mol. The fraction of sp³-hybridized carbons (Fsp3) is 0.0667. The van der Waals surface area contributed by atoms with Gasteiger partial charge in [-0.05, 0) is 59.7 Å². The summed E-state index contributed by atoms with van der Waals surface area (Å²) in [5.74, 6) is -2.91. The fourth-order valence-corrected chi connectivity index (χ4v) is 5.51.